The normalized spacial score (nSPS) is 23.0. The van der Waals surface area contributed by atoms with Crippen LogP contribution in [0.25, 0.3) is 22.3 Å². The number of aromatic nitrogens is 3. The average molecular weight is 731 g/mol. The molecule has 54 heavy (non-hydrogen) atoms. The zero-order chi connectivity index (χ0) is 37.3. The van der Waals surface area contributed by atoms with Gasteiger partial charge < -0.3 is 35.0 Å². The molecule has 12 heteroatoms. The van der Waals surface area contributed by atoms with Crippen molar-refractivity contribution in [3.05, 3.63) is 65.5 Å². The number of rotatable bonds is 8. The van der Waals surface area contributed by atoms with E-state index in [4.69, 9.17) is 9.97 Å². The summed E-state index contributed by atoms with van der Waals surface area (Å²) in [4.78, 5) is 56.8. The third-order valence-corrected chi connectivity index (χ3v) is 12.8. The summed E-state index contributed by atoms with van der Waals surface area (Å²) in [6.07, 6.45) is 9.80. The van der Waals surface area contributed by atoms with Gasteiger partial charge in [0.2, 0.25) is 5.91 Å². The van der Waals surface area contributed by atoms with Gasteiger partial charge in [-0.1, -0.05) is 24.6 Å². The quantitative estimate of drug-likeness (QED) is 0.218. The maximum atomic E-state index is 14.8. The summed E-state index contributed by atoms with van der Waals surface area (Å²) >= 11 is 0. The average Bonchev–Trinajstić information content (AvgIpc) is 3.89. The molecule has 12 nitrogen and oxygen atoms in total. The molecule has 9 rings (SSSR count). The Morgan fingerprint density at radius 3 is 2.41 bits per heavy atom. The first-order chi connectivity index (χ1) is 26.1. The summed E-state index contributed by atoms with van der Waals surface area (Å²) in [7, 11) is 1.64. The number of fused-ring (bicyclic) bond motifs is 3. The number of anilines is 3. The lowest BCUT2D eigenvalue weighted by molar-refractivity contribution is -0.142. The van der Waals surface area contributed by atoms with Crippen molar-refractivity contribution in [3.8, 4) is 11.3 Å². The second-order valence-electron chi connectivity index (χ2n) is 16.2. The Morgan fingerprint density at radius 1 is 0.944 bits per heavy atom. The Labute approximate surface area is 315 Å². The zero-order valence-corrected chi connectivity index (χ0v) is 31.5. The topological polar surface area (TPSA) is 136 Å². The van der Waals surface area contributed by atoms with Crippen LogP contribution in [0.15, 0.2) is 48.8 Å². The Bertz CT molecular complexity index is 2140. The third-order valence-electron chi connectivity index (χ3n) is 12.8. The van der Waals surface area contributed by atoms with Gasteiger partial charge in [-0.2, -0.15) is 0 Å². The van der Waals surface area contributed by atoms with Crippen molar-refractivity contribution in [2.45, 2.75) is 101 Å². The molecular weight excluding hydrogens is 681 g/mol. The highest BCUT2D eigenvalue weighted by molar-refractivity contribution is 6.09. The molecule has 3 amide bonds. The molecule has 0 radical (unpaired) electrons. The van der Waals surface area contributed by atoms with Crippen LogP contribution in [0.1, 0.15) is 92.2 Å². The number of aryl methyl sites for hydroxylation is 1. The Hall–Kier alpha value is -4.81. The Balaban J connectivity index is 1.09. The summed E-state index contributed by atoms with van der Waals surface area (Å²) in [6, 6.07) is 15.2. The summed E-state index contributed by atoms with van der Waals surface area (Å²) in [6.45, 7) is 6.58. The molecule has 2 saturated carbocycles. The number of aliphatic hydroxyl groups excluding tert-OH is 1. The van der Waals surface area contributed by atoms with E-state index in [1.165, 1.54) is 26.2 Å². The van der Waals surface area contributed by atoms with Crippen molar-refractivity contribution in [2.24, 2.45) is 0 Å². The maximum Gasteiger partial charge on any atom is 0.251 e. The van der Waals surface area contributed by atoms with Crippen LogP contribution in [0.5, 0.6) is 0 Å². The van der Waals surface area contributed by atoms with E-state index >= 15 is 0 Å². The summed E-state index contributed by atoms with van der Waals surface area (Å²) < 4.78 is 2.21. The fourth-order valence-corrected chi connectivity index (χ4v) is 9.46. The first-order valence-corrected chi connectivity index (χ1v) is 19.8. The van der Waals surface area contributed by atoms with E-state index in [9.17, 15) is 19.5 Å². The highest BCUT2D eigenvalue weighted by atomic mass is 16.3. The molecule has 1 spiro atoms. The van der Waals surface area contributed by atoms with Crippen LogP contribution in [0.3, 0.4) is 0 Å². The predicted molar refractivity (Wildman–Crippen MR) is 208 cm³/mol. The second kappa shape index (κ2) is 13.5. The van der Waals surface area contributed by atoms with Gasteiger partial charge in [0.15, 0.2) is 5.82 Å². The van der Waals surface area contributed by atoms with Gasteiger partial charge in [0, 0.05) is 60.8 Å². The van der Waals surface area contributed by atoms with E-state index in [0.29, 0.717) is 49.4 Å². The van der Waals surface area contributed by atoms with Gasteiger partial charge in [-0.3, -0.25) is 14.4 Å². The summed E-state index contributed by atoms with van der Waals surface area (Å²) in [5.74, 6) is 0.384. The first-order valence-electron chi connectivity index (χ1n) is 19.8. The predicted octanol–water partition coefficient (Wildman–Crippen LogP) is 5.45. The molecule has 4 aromatic rings. The number of pyridine rings is 1. The molecule has 3 aliphatic heterocycles. The second-order valence-corrected chi connectivity index (χ2v) is 16.2. The molecule has 282 valence electrons. The molecule has 5 aliphatic rings. The number of carbonyl (C=O) groups excluding carboxylic acids is 3. The fourth-order valence-electron chi connectivity index (χ4n) is 9.46. The van der Waals surface area contributed by atoms with Gasteiger partial charge in [0.05, 0.1) is 23.0 Å². The van der Waals surface area contributed by atoms with Crippen molar-refractivity contribution < 1.29 is 19.5 Å². The van der Waals surface area contributed by atoms with Gasteiger partial charge in [-0.15, -0.1) is 0 Å². The van der Waals surface area contributed by atoms with Gasteiger partial charge in [-0.05, 0) is 114 Å². The zero-order valence-electron chi connectivity index (χ0n) is 31.5. The largest absolute Gasteiger partial charge is 0.384 e. The minimum atomic E-state index is -1.06. The van der Waals surface area contributed by atoms with E-state index < -0.39 is 11.5 Å². The van der Waals surface area contributed by atoms with Gasteiger partial charge in [-0.25, -0.2) is 9.97 Å². The van der Waals surface area contributed by atoms with Crippen molar-refractivity contribution in [1.29, 1.82) is 0 Å². The molecule has 5 heterocycles. The van der Waals surface area contributed by atoms with Crippen LogP contribution in [-0.2, 0) is 15.0 Å². The molecule has 0 unspecified atom stereocenters. The number of amides is 3. The van der Waals surface area contributed by atoms with Crippen LogP contribution in [-0.4, -0.2) is 98.6 Å². The first kappa shape index (κ1) is 34.9. The van der Waals surface area contributed by atoms with Gasteiger partial charge >= 0.3 is 0 Å². The number of benzene rings is 2. The maximum absolute atomic E-state index is 14.8. The molecule has 2 saturated heterocycles. The summed E-state index contributed by atoms with van der Waals surface area (Å²) in [5.41, 5.74) is 6.92. The smallest absolute Gasteiger partial charge is 0.251 e. The van der Waals surface area contributed by atoms with Crippen molar-refractivity contribution in [3.63, 3.8) is 0 Å². The Morgan fingerprint density at radius 2 is 1.70 bits per heavy atom. The standard InChI is InChI=1S/C42H50N8O4/c1-25-7-9-28(20-32(25)39(52)43-3)45-38-37-35(44-24-49(37)29-10-11-29)23-34(46-38)27-8-12-33-36(19-27)50(31-21-30(22-31)47-15-5-4-6-16-47)41(54)42(33)13-17-48(18-14-42)40(53)26(2)51/h7-9,12,19-20,23-24,26,29-31,51H,4-6,10-11,13-18,21-22H2,1-3H3,(H,43,52)(H,45,46)/t26-,30?,31?/m1/s1. The number of piperidine rings is 2. The lowest BCUT2D eigenvalue weighted by Crippen LogP contribution is -2.58. The number of imidazole rings is 1. The van der Waals surface area contributed by atoms with Gasteiger partial charge in [0.25, 0.3) is 11.8 Å². The van der Waals surface area contributed by atoms with Crippen molar-refractivity contribution >= 4 is 45.9 Å². The van der Waals surface area contributed by atoms with E-state index in [-0.39, 0.29) is 23.8 Å². The minimum Gasteiger partial charge on any atom is -0.384 e. The number of likely N-dealkylation sites (tertiary alicyclic amines) is 2. The van der Waals surface area contributed by atoms with Crippen molar-refractivity contribution in [2.75, 3.05) is 43.4 Å². The number of carbonyl (C=O) groups is 3. The highest BCUT2D eigenvalue weighted by Crippen LogP contribution is 2.52. The molecule has 2 aromatic carbocycles. The van der Waals surface area contributed by atoms with Crippen LogP contribution >= 0.6 is 0 Å². The van der Waals surface area contributed by atoms with Crippen LogP contribution in [0.4, 0.5) is 17.2 Å². The number of hydrogen-bond acceptors (Lipinski definition) is 8. The number of nitrogens with zero attached hydrogens (tertiary/aromatic N) is 6. The SMILES string of the molecule is CNC(=O)c1cc(Nc2nc(-c3ccc4c(c3)N(C3CC(N5CCCCC5)C3)C(=O)C43CCN(C(=O)[C@@H](C)O)CC3)cc3ncn(C4CC4)c23)ccc1C. The monoisotopic (exact) mass is 730 g/mol. The molecule has 0 bridgehead atoms. The van der Waals surface area contributed by atoms with Crippen LogP contribution in [0.2, 0.25) is 0 Å². The molecule has 2 aromatic heterocycles. The van der Waals surface area contributed by atoms with E-state index in [1.807, 2.05) is 37.5 Å². The third kappa shape index (κ3) is 5.85. The lowest BCUT2D eigenvalue weighted by atomic mass is 9.73. The lowest BCUT2D eigenvalue weighted by Gasteiger charge is -2.48. The minimum absolute atomic E-state index is 0.118. The highest BCUT2D eigenvalue weighted by Gasteiger charge is 2.56. The molecule has 2 aliphatic carbocycles. The number of hydrogen-bond donors (Lipinski definition) is 3. The van der Waals surface area contributed by atoms with Crippen LogP contribution < -0.4 is 15.5 Å². The fraction of sp³-hybridized carbons (Fsp3) is 0.500. The van der Waals surface area contributed by atoms with E-state index in [0.717, 1.165) is 83.6 Å². The van der Waals surface area contributed by atoms with E-state index in [2.05, 4.69) is 43.2 Å². The Kier molecular flexibility index (Phi) is 8.73. The van der Waals surface area contributed by atoms with Gasteiger partial charge in [0.1, 0.15) is 11.6 Å². The van der Waals surface area contributed by atoms with E-state index in [1.54, 1.807) is 11.9 Å². The molecule has 4 fully saturated rings. The number of nitrogens with one attached hydrogen (secondary N) is 2. The summed E-state index contributed by atoms with van der Waals surface area (Å²) in [5, 5.41) is 16.3. The van der Waals surface area contributed by atoms with Crippen molar-refractivity contribution in [1.82, 2.24) is 29.7 Å². The number of aliphatic hydroxyl groups is 1. The molecule has 1 atom stereocenters. The molecular formula is C42H50N8O4. The molecule has 3 N–H and O–H groups in total. The van der Waals surface area contributed by atoms with Crippen LogP contribution in [0, 0.1) is 6.92 Å².